The molecule has 0 aromatic heterocycles. The molecule has 1 atom stereocenters. The predicted molar refractivity (Wildman–Crippen MR) is 52.9 cm³/mol. The van der Waals surface area contributed by atoms with Gasteiger partial charge in [0.15, 0.2) is 0 Å². The molecule has 1 aliphatic heterocycles. The van der Waals surface area contributed by atoms with Gasteiger partial charge in [-0.25, -0.2) is 0 Å². The van der Waals surface area contributed by atoms with Gasteiger partial charge in [0, 0.05) is 13.0 Å². The number of methoxy groups -OCH3 is 1. The lowest BCUT2D eigenvalue weighted by Gasteiger charge is -2.29. The zero-order valence-corrected chi connectivity index (χ0v) is 8.74. The zero-order chi connectivity index (χ0) is 10.4. The van der Waals surface area contributed by atoms with Crippen molar-refractivity contribution in [3.05, 3.63) is 0 Å². The Kier molecular flexibility index (Phi) is 4.90. The number of hydrogen-bond donors (Lipinski definition) is 1. The van der Waals surface area contributed by atoms with Gasteiger partial charge in [-0.2, -0.15) is 0 Å². The van der Waals surface area contributed by atoms with Crippen molar-refractivity contribution in [1.82, 2.24) is 4.90 Å². The number of carbonyl (C=O) groups excluding carboxylic acids is 1. The minimum atomic E-state index is -0.179. The van der Waals surface area contributed by atoms with Gasteiger partial charge in [0.05, 0.1) is 13.2 Å². The summed E-state index contributed by atoms with van der Waals surface area (Å²) in [6.45, 7) is 2.67. The fourth-order valence-electron chi connectivity index (χ4n) is 1.78. The Morgan fingerprint density at radius 2 is 2.43 bits per heavy atom. The summed E-state index contributed by atoms with van der Waals surface area (Å²) in [5, 5.41) is 9.40. The molecule has 0 aromatic carbocycles. The number of carbonyl (C=O) groups is 1. The van der Waals surface area contributed by atoms with Gasteiger partial charge in [0.1, 0.15) is 0 Å². The molecule has 1 saturated heterocycles. The van der Waals surface area contributed by atoms with Crippen molar-refractivity contribution < 1.29 is 14.6 Å². The van der Waals surface area contributed by atoms with Crippen LogP contribution in [0.3, 0.4) is 0 Å². The summed E-state index contributed by atoms with van der Waals surface area (Å²) in [4.78, 5) is 13.0. The summed E-state index contributed by atoms with van der Waals surface area (Å²) in [5.41, 5.74) is 0. The first kappa shape index (κ1) is 11.5. The highest BCUT2D eigenvalue weighted by atomic mass is 16.5. The number of likely N-dealkylation sites (tertiary alicyclic amines) is 1. The molecular formula is C10H19NO3. The standard InChI is InChI=1S/C10H19NO3/c1-14-10(13)5-3-7-11-6-2-4-9(12)8-11/h9,12H,2-8H2,1H3/t9-/m1/s1. The molecule has 1 fully saturated rings. The van der Waals surface area contributed by atoms with E-state index in [0.29, 0.717) is 6.42 Å². The first-order chi connectivity index (χ1) is 6.72. The quantitative estimate of drug-likeness (QED) is 0.669. The summed E-state index contributed by atoms with van der Waals surface area (Å²) < 4.78 is 4.55. The molecule has 1 heterocycles. The summed E-state index contributed by atoms with van der Waals surface area (Å²) >= 11 is 0. The zero-order valence-electron chi connectivity index (χ0n) is 8.74. The average molecular weight is 201 g/mol. The van der Waals surface area contributed by atoms with Crippen LogP contribution in [0.25, 0.3) is 0 Å². The number of piperidine rings is 1. The van der Waals surface area contributed by atoms with Gasteiger partial charge in [0.25, 0.3) is 0 Å². The lowest BCUT2D eigenvalue weighted by atomic mass is 10.1. The van der Waals surface area contributed by atoms with Crippen LogP contribution >= 0.6 is 0 Å². The van der Waals surface area contributed by atoms with Gasteiger partial charge >= 0.3 is 5.97 Å². The molecule has 1 aliphatic rings. The van der Waals surface area contributed by atoms with Crippen LogP contribution in [-0.4, -0.2) is 48.8 Å². The van der Waals surface area contributed by atoms with E-state index in [1.165, 1.54) is 7.11 Å². The number of ether oxygens (including phenoxy) is 1. The smallest absolute Gasteiger partial charge is 0.305 e. The predicted octanol–water partition coefficient (Wildman–Crippen LogP) is 0.396. The van der Waals surface area contributed by atoms with E-state index < -0.39 is 0 Å². The molecule has 82 valence electrons. The third-order valence-corrected chi connectivity index (χ3v) is 2.56. The first-order valence-corrected chi connectivity index (χ1v) is 5.19. The van der Waals surface area contributed by atoms with Crippen LogP contribution in [0.2, 0.25) is 0 Å². The highest BCUT2D eigenvalue weighted by Crippen LogP contribution is 2.10. The Balaban J connectivity index is 2.08. The summed E-state index contributed by atoms with van der Waals surface area (Å²) in [7, 11) is 1.41. The minimum Gasteiger partial charge on any atom is -0.469 e. The third-order valence-electron chi connectivity index (χ3n) is 2.56. The van der Waals surface area contributed by atoms with Crippen LogP contribution in [-0.2, 0) is 9.53 Å². The summed E-state index contributed by atoms with van der Waals surface area (Å²) in [6, 6.07) is 0. The molecule has 0 amide bonds. The molecule has 0 bridgehead atoms. The largest absolute Gasteiger partial charge is 0.469 e. The fraction of sp³-hybridized carbons (Fsp3) is 0.900. The third kappa shape index (κ3) is 4.07. The Labute approximate surface area is 84.8 Å². The van der Waals surface area contributed by atoms with Crippen LogP contribution in [0, 0.1) is 0 Å². The molecule has 1 N–H and O–H groups in total. The van der Waals surface area contributed by atoms with Gasteiger partial charge in [-0.05, 0) is 32.4 Å². The van der Waals surface area contributed by atoms with E-state index in [2.05, 4.69) is 9.64 Å². The van der Waals surface area contributed by atoms with Gasteiger partial charge in [-0.3, -0.25) is 4.79 Å². The second-order valence-electron chi connectivity index (χ2n) is 3.78. The number of hydrogen-bond acceptors (Lipinski definition) is 4. The maximum absolute atomic E-state index is 10.8. The molecule has 0 spiro atoms. The monoisotopic (exact) mass is 201 g/mol. The second-order valence-corrected chi connectivity index (χ2v) is 3.78. The minimum absolute atomic E-state index is 0.150. The molecule has 14 heavy (non-hydrogen) atoms. The van der Waals surface area contributed by atoms with Gasteiger partial charge in [-0.1, -0.05) is 0 Å². The number of esters is 1. The molecule has 4 nitrogen and oxygen atoms in total. The highest BCUT2D eigenvalue weighted by Gasteiger charge is 2.17. The van der Waals surface area contributed by atoms with Crippen LogP contribution in [0.1, 0.15) is 25.7 Å². The molecule has 0 radical (unpaired) electrons. The number of nitrogens with zero attached hydrogens (tertiary/aromatic N) is 1. The number of aliphatic hydroxyl groups excluding tert-OH is 1. The Morgan fingerprint density at radius 1 is 1.64 bits per heavy atom. The van der Waals surface area contributed by atoms with E-state index >= 15 is 0 Å². The molecule has 0 unspecified atom stereocenters. The summed E-state index contributed by atoms with van der Waals surface area (Å²) in [6.07, 6.45) is 3.08. The molecule has 1 rings (SSSR count). The Bertz CT molecular complexity index is 184. The van der Waals surface area contributed by atoms with E-state index in [0.717, 1.165) is 38.9 Å². The van der Waals surface area contributed by atoms with Crippen LogP contribution in [0.4, 0.5) is 0 Å². The first-order valence-electron chi connectivity index (χ1n) is 5.19. The molecular weight excluding hydrogens is 182 g/mol. The SMILES string of the molecule is COC(=O)CCCN1CCC[C@@H](O)C1. The molecule has 4 heteroatoms. The van der Waals surface area contributed by atoms with E-state index in [1.807, 2.05) is 0 Å². The van der Waals surface area contributed by atoms with Crippen molar-refractivity contribution in [2.45, 2.75) is 31.8 Å². The second kappa shape index (κ2) is 5.98. The van der Waals surface area contributed by atoms with Crippen molar-refractivity contribution >= 4 is 5.97 Å². The number of β-amino-alcohol motifs (C(OH)–C–C–N with tert-alkyl or cyclic N) is 1. The van der Waals surface area contributed by atoms with Crippen LogP contribution in [0.5, 0.6) is 0 Å². The van der Waals surface area contributed by atoms with Gasteiger partial charge in [-0.15, -0.1) is 0 Å². The van der Waals surface area contributed by atoms with Gasteiger partial charge in [0.2, 0.25) is 0 Å². The Morgan fingerprint density at radius 3 is 3.07 bits per heavy atom. The van der Waals surface area contributed by atoms with E-state index in [9.17, 15) is 9.90 Å². The molecule has 0 aliphatic carbocycles. The lowest BCUT2D eigenvalue weighted by Crippen LogP contribution is -2.38. The number of aliphatic hydroxyl groups is 1. The summed E-state index contributed by atoms with van der Waals surface area (Å²) in [5.74, 6) is -0.150. The van der Waals surface area contributed by atoms with E-state index in [4.69, 9.17) is 0 Å². The van der Waals surface area contributed by atoms with Crippen molar-refractivity contribution in [3.63, 3.8) is 0 Å². The van der Waals surface area contributed by atoms with Crippen LogP contribution < -0.4 is 0 Å². The van der Waals surface area contributed by atoms with Crippen molar-refractivity contribution in [2.24, 2.45) is 0 Å². The van der Waals surface area contributed by atoms with Crippen molar-refractivity contribution in [1.29, 1.82) is 0 Å². The number of rotatable bonds is 4. The molecule has 0 aromatic rings. The highest BCUT2D eigenvalue weighted by molar-refractivity contribution is 5.69. The normalized spacial score (nSPS) is 23.4. The lowest BCUT2D eigenvalue weighted by molar-refractivity contribution is -0.140. The van der Waals surface area contributed by atoms with E-state index in [1.54, 1.807) is 0 Å². The average Bonchev–Trinajstić information content (AvgIpc) is 2.17. The van der Waals surface area contributed by atoms with Crippen molar-refractivity contribution in [3.8, 4) is 0 Å². The van der Waals surface area contributed by atoms with Crippen LogP contribution in [0.15, 0.2) is 0 Å². The Hall–Kier alpha value is -0.610. The van der Waals surface area contributed by atoms with E-state index in [-0.39, 0.29) is 12.1 Å². The van der Waals surface area contributed by atoms with Crippen molar-refractivity contribution in [2.75, 3.05) is 26.7 Å². The topological polar surface area (TPSA) is 49.8 Å². The van der Waals surface area contributed by atoms with Gasteiger partial charge < -0.3 is 14.7 Å². The maximum atomic E-state index is 10.8. The molecule has 0 saturated carbocycles. The fourth-order valence-corrected chi connectivity index (χ4v) is 1.78. The maximum Gasteiger partial charge on any atom is 0.305 e.